The second-order valence-electron chi connectivity index (χ2n) is 4.53. The Labute approximate surface area is 111 Å². The third-order valence-corrected chi connectivity index (χ3v) is 3.22. The minimum absolute atomic E-state index is 0.0133. The Balaban J connectivity index is 2.04. The zero-order valence-corrected chi connectivity index (χ0v) is 10.6. The van der Waals surface area contributed by atoms with Crippen LogP contribution in [0.2, 0.25) is 0 Å². The molecule has 0 fully saturated rings. The Kier molecular flexibility index (Phi) is 4.14. The summed E-state index contributed by atoms with van der Waals surface area (Å²) in [7, 11) is 0. The number of rotatable bonds is 5. The van der Waals surface area contributed by atoms with Crippen molar-refractivity contribution in [3.8, 4) is 6.07 Å². The zero-order chi connectivity index (χ0) is 13.7. The minimum atomic E-state index is -0.432. The van der Waals surface area contributed by atoms with Crippen molar-refractivity contribution >= 4 is 11.4 Å². The van der Waals surface area contributed by atoms with Crippen LogP contribution in [-0.2, 0) is 0 Å². The van der Waals surface area contributed by atoms with Crippen LogP contribution in [0.3, 0.4) is 0 Å². The fourth-order valence-corrected chi connectivity index (χ4v) is 2.23. The first-order chi connectivity index (χ1) is 9.20. The highest BCUT2D eigenvalue weighted by Crippen LogP contribution is 2.26. The summed E-state index contributed by atoms with van der Waals surface area (Å²) in [6, 6.07) is 6.35. The summed E-state index contributed by atoms with van der Waals surface area (Å²) < 4.78 is 0. The van der Waals surface area contributed by atoms with Gasteiger partial charge in [0.2, 0.25) is 0 Å². The van der Waals surface area contributed by atoms with Gasteiger partial charge in [-0.05, 0) is 37.8 Å². The number of hydrogen-bond acceptors (Lipinski definition) is 4. The molecule has 0 spiro atoms. The Morgan fingerprint density at radius 1 is 1.47 bits per heavy atom. The number of nitriles is 1. The molecule has 0 heterocycles. The van der Waals surface area contributed by atoms with Gasteiger partial charge in [0.1, 0.15) is 5.69 Å². The third-order valence-electron chi connectivity index (χ3n) is 3.22. The van der Waals surface area contributed by atoms with Crippen LogP contribution >= 0.6 is 0 Å². The second-order valence-corrected chi connectivity index (χ2v) is 4.53. The number of anilines is 1. The molecule has 19 heavy (non-hydrogen) atoms. The molecule has 0 radical (unpaired) electrons. The molecular weight excluding hydrogens is 242 g/mol. The molecule has 5 heteroatoms. The average molecular weight is 257 g/mol. The number of nitro groups is 1. The lowest BCUT2D eigenvalue weighted by molar-refractivity contribution is -0.384. The lowest BCUT2D eigenvalue weighted by Crippen LogP contribution is -2.05. The van der Waals surface area contributed by atoms with Crippen molar-refractivity contribution in [2.75, 3.05) is 11.9 Å². The SMILES string of the molecule is N#Cc1ccc([N+](=O)[O-])c(NCCC2=CCCC2)c1. The maximum Gasteiger partial charge on any atom is 0.292 e. The van der Waals surface area contributed by atoms with E-state index in [0.717, 1.165) is 19.3 Å². The molecule has 0 aliphatic heterocycles. The maximum atomic E-state index is 10.9. The fourth-order valence-electron chi connectivity index (χ4n) is 2.23. The number of nitrogens with zero attached hydrogens (tertiary/aromatic N) is 2. The van der Waals surface area contributed by atoms with E-state index in [1.807, 2.05) is 6.07 Å². The first-order valence-corrected chi connectivity index (χ1v) is 6.31. The van der Waals surface area contributed by atoms with E-state index >= 15 is 0 Å². The quantitative estimate of drug-likeness (QED) is 0.498. The predicted molar refractivity (Wildman–Crippen MR) is 72.9 cm³/mol. The lowest BCUT2D eigenvalue weighted by Gasteiger charge is -2.08. The van der Waals surface area contributed by atoms with Gasteiger partial charge in [-0.2, -0.15) is 5.26 Å². The largest absolute Gasteiger partial charge is 0.379 e. The molecule has 0 saturated carbocycles. The van der Waals surface area contributed by atoms with Gasteiger partial charge < -0.3 is 5.32 Å². The molecule has 0 atom stereocenters. The van der Waals surface area contributed by atoms with Crippen molar-refractivity contribution in [3.05, 3.63) is 45.5 Å². The lowest BCUT2D eigenvalue weighted by atomic mass is 10.1. The van der Waals surface area contributed by atoms with E-state index in [9.17, 15) is 10.1 Å². The van der Waals surface area contributed by atoms with E-state index in [4.69, 9.17) is 5.26 Å². The first kappa shape index (κ1) is 13.1. The summed E-state index contributed by atoms with van der Waals surface area (Å²) in [5.74, 6) is 0. The molecule has 1 N–H and O–H groups in total. The van der Waals surface area contributed by atoms with Crippen molar-refractivity contribution in [3.63, 3.8) is 0 Å². The van der Waals surface area contributed by atoms with Gasteiger partial charge in [-0.1, -0.05) is 11.6 Å². The van der Waals surface area contributed by atoms with Crippen molar-refractivity contribution < 1.29 is 4.92 Å². The van der Waals surface area contributed by atoms with E-state index in [0.29, 0.717) is 17.8 Å². The van der Waals surface area contributed by atoms with Crippen molar-refractivity contribution in [1.29, 1.82) is 5.26 Å². The van der Waals surface area contributed by atoms with Gasteiger partial charge in [0.15, 0.2) is 0 Å². The smallest absolute Gasteiger partial charge is 0.292 e. The number of allylic oxidation sites excluding steroid dienone is 1. The van der Waals surface area contributed by atoms with Gasteiger partial charge in [-0.25, -0.2) is 0 Å². The van der Waals surface area contributed by atoms with Crippen LogP contribution in [0.4, 0.5) is 11.4 Å². The van der Waals surface area contributed by atoms with Gasteiger partial charge in [0, 0.05) is 12.6 Å². The molecule has 2 rings (SSSR count). The van der Waals surface area contributed by atoms with E-state index in [1.165, 1.54) is 30.2 Å². The van der Waals surface area contributed by atoms with Gasteiger partial charge in [0.05, 0.1) is 16.6 Å². The third kappa shape index (κ3) is 3.32. The Bertz CT molecular complexity index is 558. The summed E-state index contributed by atoms with van der Waals surface area (Å²) in [5.41, 5.74) is 2.27. The molecule has 0 unspecified atom stereocenters. The van der Waals surface area contributed by atoms with Gasteiger partial charge >= 0.3 is 0 Å². The molecular formula is C14H15N3O2. The van der Waals surface area contributed by atoms with Crippen LogP contribution in [0.5, 0.6) is 0 Å². The zero-order valence-electron chi connectivity index (χ0n) is 10.6. The number of nitro benzene ring substituents is 1. The minimum Gasteiger partial charge on any atom is -0.379 e. The maximum absolute atomic E-state index is 10.9. The first-order valence-electron chi connectivity index (χ1n) is 6.31. The normalized spacial score (nSPS) is 13.7. The van der Waals surface area contributed by atoms with E-state index in [1.54, 1.807) is 0 Å². The second kappa shape index (κ2) is 6.01. The highest BCUT2D eigenvalue weighted by Gasteiger charge is 2.14. The molecule has 0 aromatic heterocycles. The molecule has 98 valence electrons. The molecule has 0 bridgehead atoms. The standard InChI is InChI=1S/C14H15N3O2/c15-10-12-5-6-14(17(18)19)13(9-12)16-8-7-11-3-1-2-4-11/h3,5-6,9,16H,1-2,4,7-8H2. The highest BCUT2D eigenvalue weighted by molar-refractivity contribution is 5.64. The highest BCUT2D eigenvalue weighted by atomic mass is 16.6. The van der Waals surface area contributed by atoms with Crippen LogP contribution in [0.1, 0.15) is 31.2 Å². The topological polar surface area (TPSA) is 79.0 Å². The summed E-state index contributed by atoms with van der Waals surface area (Å²) in [6.07, 6.45) is 6.61. The molecule has 0 saturated heterocycles. The molecule has 1 aromatic rings. The monoisotopic (exact) mass is 257 g/mol. The van der Waals surface area contributed by atoms with Crippen molar-refractivity contribution in [2.45, 2.75) is 25.7 Å². The van der Waals surface area contributed by atoms with Crippen LogP contribution < -0.4 is 5.32 Å². The number of hydrogen-bond donors (Lipinski definition) is 1. The Morgan fingerprint density at radius 3 is 2.95 bits per heavy atom. The van der Waals surface area contributed by atoms with Crippen LogP contribution in [0, 0.1) is 21.4 Å². The molecule has 0 amide bonds. The molecule has 1 aliphatic carbocycles. The Morgan fingerprint density at radius 2 is 2.32 bits per heavy atom. The number of benzene rings is 1. The van der Waals surface area contributed by atoms with Crippen LogP contribution in [0.25, 0.3) is 0 Å². The van der Waals surface area contributed by atoms with E-state index in [2.05, 4.69) is 11.4 Å². The van der Waals surface area contributed by atoms with Crippen molar-refractivity contribution in [2.24, 2.45) is 0 Å². The van der Waals surface area contributed by atoms with Gasteiger partial charge in [-0.3, -0.25) is 10.1 Å². The summed E-state index contributed by atoms with van der Waals surface area (Å²) >= 11 is 0. The van der Waals surface area contributed by atoms with Gasteiger partial charge in [-0.15, -0.1) is 0 Å². The Hall–Kier alpha value is -2.35. The molecule has 1 aliphatic rings. The van der Waals surface area contributed by atoms with Gasteiger partial charge in [0.25, 0.3) is 5.69 Å². The van der Waals surface area contributed by atoms with Crippen molar-refractivity contribution in [1.82, 2.24) is 0 Å². The molecule has 5 nitrogen and oxygen atoms in total. The summed E-state index contributed by atoms with van der Waals surface area (Å²) in [5, 5.41) is 22.8. The summed E-state index contributed by atoms with van der Waals surface area (Å²) in [6.45, 7) is 0.654. The van der Waals surface area contributed by atoms with E-state index < -0.39 is 4.92 Å². The fraction of sp³-hybridized carbons (Fsp3) is 0.357. The predicted octanol–water partition coefficient (Wildman–Crippen LogP) is 3.38. The summed E-state index contributed by atoms with van der Waals surface area (Å²) in [4.78, 5) is 10.5. The number of nitrogens with one attached hydrogen (secondary N) is 1. The van der Waals surface area contributed by atoms with E-state index in [-0.39, 0.29) is 5.69 Å². The van der Waals surface area contributed by atoms with Crippen LogP contribution in [-0.4, -0.2) is 11.5 Å². The average Bonchev–Trinajstić information content (AvgIpc) is 2.91. The van der Waals surface area contributed by atoms with Crippen LogP contribution in [0.15, 0.2) is 29.8 Å². The molecule has 1 aromatic carbocycles.